The quantitative estimate of drug-likeness (QED) is 0.615. The number of hydrogen-bond acceptors (Lipinski definition) is 4. The lowest BCUT2D eigenvalue weighted by Crippen LogP contribution is -2.24. The summed E-state index contributed by atoms with van der Waals surface area (Å²) >= 11 is 0. The minimum absolute atomic E-state index is 0.126. The molecule has 0 bridgehead atoms. The fourth-order valence-electron chi connectivity index (χ4n) is 2.57. The molecule has 1 aliphatic rings. The number of para-hydroxylation sites is 1. The van der Waals surface area contributed by atoms with E-state index in [4.69, 9.17) is 0 Å². The summed E-state index contributed by atoms with van der Waals surface area (Å²) in [6, 6.07) is 8.53. The topological polar surface area (TPSA) is 60.4 Å². The van der Waals surface area contributed by atoms with Crippen LogP contribution in [0.4, 0.5) is 13.2 Å². The smallest absolute Gasteiger partial charge is 0.387 e. The highest BCUT2D eigenvalue weighted by Crippen LogP contribution is 2.31. The Labute approximate surface area is 141 Å². The van der Waals surface area contributed by atoms with E-state index in [0.717, 1.165) is 18.2 Å². The Bertz CT molecular complexity index is 981. The molecule has 2 aromatic rings. The van der Waals surface area contributed by atoms with E-state index in [1.807, 2.05) is 0 Å². The van der Waals surface area contributed by atoms with Gasteiger partial charge in [0, 0.05) is 16.7 Å². The van der Waals surface area contributed by atoms with Crippen molar-refractivity contribution in [3.8, 4) is 5.75 Å². The molecule has 0 aliphatic carbocycles. The summed E-state index contributed by atoms with van der Waals surface area (Å²) in [5.74, 6) is -2.21. The Morgan fingerprint density at radius 2 is 1.84 bits per heavy atom. The molecule has 8 heteroatoms. The van der Waals surface area contributed by atoms with Crippen LogP contribution in [0.15, 0.2) is 52.9 Å². The van der Waals surface area contributed by atoms with E-state index in [9.17, 15) is 26.4 Å². The number of ketones is 1. The Balaban J connectivity index is 2.11. The molecule has 3 rings (SSSR count). The van der Waals surface area contributed by atoms with Crippen molar-refractivity contribution in [2.75, 3.05) is 5.75 Å². The number of rotatable bonds is 3. The lowest BCUT2D eigenvalue weighted by atomic mass is 10.0. The van der Waals surface area contributed by atoms with Crippen LogP contribution < -0.4 is 4.74 Å². The van der Waals surface area contributed by atoms with Crippen molar-refractivity contribution in [3.63, 3.8) is 0 Å². The molecular formula is C17H11F3O4S. The van der Waals surface area contributed by atoms with E-state index in [2.05, 4.69) is 4.74 Å². The third-order valence-corrected chi connectivity index (χ3v) is 5.34. The standard InChI is InChI=1S/C17H11F3O4S/c18-12-5-6-15-13(8-12)16(21)11(9-25(15,22)23)7-10-3-1-2-4-14(10)24-17(19)20/h1-8,17H,9H2/b11-7+. The fraction of sp³-hybridized carbons (Fsp3) is 0.118. The van der Waals surface area contributed by atoms with Gasteiger partial charge in [-0.15, -0.1) is 0 Å². The number of alkyl halides is 2. The molecule has 0 saturated carbocycles. The first kappa shape index (κ1) is 17.2. The molecule has 0 amide bonds. The number of ether oxygens (including phenoxy) is 1. The SMILES string of the molecule is O=C1/C(=C/c2ccccc2OC(F)F)CS(=O)(=O)c2ccc(F)cc21. The average molecular weight is 368 g/mol. The second-order valence-corrected chi connectivity index (χ2v) is 7.27. The number of carbonyl (C=O) groups is 1. The van der Waals surface area contributed by atoms with Gasteiger partial charge in [0.25, 0.3) is 0 Å². The van der Waals surface area contributed by atoms with Crippen LogP contribution in [0.3, 0.4) is 0 Å². The number of Topliss-reactive ketones (excluding diaryl/α,β-unsaturated/α-hetero) is 1. The van der Waals surface area contributed by atoms with Crippen molar-refractivity contribution >= 4 is 21.7 Å². The first-order valence-electron chi connectivity index (χ1n) is 7.09. The molecule has 0 fully saturated rings. The van der Waals surface area contributed by atoms with Crippen LogP contribution >= 0.6 is 0 Å². The van der Waals surface area contributed by atoms with E-state index in [1.54, 1.807) is 0 Å². The van der Waals surface area contributed by atoms with Crippen LogP contribution in [0.2, 0.25) is 0 Å². The molecule has 1 aliphatic heterocycles. The number of benzene rings is 2. The molecule has 0 atom stereocenters. The van der Waals surface area contributed by atoms with Crippen LogP contribution in [-0.2, 0) is 9.84 Å². The highest BCUT2D eigenvalue weighted by molar-refractivity contribution is 7.91. The number of carbonyl (C=O) groups excluding carboxylic acids is 1. The Morgan fingerprint density at radius 3 is 2.56 bits per heavy atom. The summed E-state index contributed by atoms with van der Waals surface area (Å²) < 4.78 is 67.4. The first-order valence-corrected chi connectivity index (χ1v) is 8.74. The molecule has 4 nitrogen and oxygen atoms in total. The summed E-state index contributed by atoms with van der Waals surface area (Å²) in [7, 11) is -3.84. The minimum atomic E-state index is -3.84. The predicted molar refractivity (Wildman–Crippen MR) is 83.8 cm³/mol. The molecule has 0 aromatic heterocycles. The maximum atomic E-state index is 13.4. The second-order valence-electron chi connectivity index (χ2n) is 5.31. The average Bonchev–Trinajstić information content (AvgIpc) is 2.53. The minimum Gasteiger partial charge on any atom is -0.434 e. The van der Waals surface area contributed by atoms with Crippen LogP contribution in [0, 0.1) is 5.82 Å². The predicted octanol–water partition coefficient (Wildman–Crippen LogP) is 3.48. The third-order valence-electron chi connectivity index (χ3n) is 3.62. The number of hydrogen-bond donors (Lipinski definition) is 0. The Kier molecular flexibility index (Phi) is 4.38. The zero-order valence-electron chi connectivity index (χ0n) is 12.6. The monoisotopic (exact) mass is 368 g/mol. The van der Waals surface area contributed by atoms with Gasteiger partial charge in [-0.25, -0.2) is 12.8 Å². The molecule has 0 unspecified atom stereocenters. The normalized spacial score (nSPS) is 17.6. The molecule has 0 saturated heterocycles. The second kappa shape index (κ2) is 6.36. The van der Waals surface area contributed by atoms with Gasteiger partial charge in [-0.1, -0.05) is 18.2 Å². The lowest BCUT2D eigenvalue weighted by Gasteiger charge is -2.18. The van der Waals surface area contributed by atoms with Crippen LogP contribution in [0.1, 0.15) is 15.9 Å². The molecule has 0 spiro atoms. The highest BCUT2D eigenvalue weighted by atomic mass is 32.2. The lowest BCUT2D eigenvalue weighted by molar-refractivity contribution is -0.0499. The number of fused-ring (bicyclic) bond motifs is 1. The van der Waals surface area contributed by atoms with Gasteiger partial charge in [0.15, 0.2) is 15.6 Å². The fourth-order valence-corrected chi connectivity index (χ4v) is 4.11. The van der Waals surface area contributed by atoms with Gasteiger partial charge in [0.05, 0.1) is 10.6 Å². The van der Waals surface area contributed by atoms with Crippen LogP contribution in [0.25, 0.3) is 6.08 Å². The van der Waals surface area contributed by atoms with E-state index in [-0.39, 0.29) is 27.3 Å². The van der Waals surface area contributed by atoms with E-state index < -0.39 is 33.8 Å². The van der Waals surface area contributed by atoms with Gasteiger partial charge in [-0.05, 0) is 30.3 Å². The molecule has 25 heavy (non-hydrogen) atoms. The van der Waals surface area contributed by atoms with Crippen LogP contribution in [0.5, 0.6) is 5.75 Å². The molecule has 0 radical (unpaired) electrons. The summed E-state index contributed by atoms with van der Waals surface area (Å²) in [6.07, 6.45) is 1.17. The van der Waals surface area contributed by atoms with Crippen molar-refractivity contribution in [1.29, 1.82) is 0 Å². The molecule has 1 heterocycles. The van der Waals surface area contributed by atoms with Crippen molar-refractivity contribution in [2.45, 2.75) is 11.5 Å². The van der Waals surface area contributed by atoms with Gasteiger partial charge in [0.2, 0.25) is 0 Å². The molecular weight excluding hydrogens is 357 g/mol. The Hall–Kier alpha value is -2.61. The molecule has 0 N–H and O–H groups in total. The van der Waals surface area contributed by atoms with Crippen molar-refractivity contribution < 1.29 is 31.1 Å². The zero-order valence-corrected chi connectivity index (χ0v) is 13.4. The number of sulfone groups is 1. The largest absolute Gasteiger partial charge is 0.434 e. The van der Waals surface area contributed by atoms with E-state index in [1.165, 1.54) is 30.3 Å². The highest BCUT2D eigenvalue weighted by Gasteiger charge is 2.33. The number of halogens is 3. The maximum absolute atomic E-state index is 13.4. The van der Waals surface area contributed by atoms with E-state index in [0.29, 0.717) is 0 Å². The van der Waals surface area contributed by atoms with Crippen molar-refractivity contribution in [2.24, 2.45) is 0 Å². The Morgan fingerprint density at radius 1 is 1.12 bits per heavy atom. The summed E-state index contributed by atoms with van der Waals surface area (Å²) in [4.78, 5) is 12.3. The van der Waals surface area contributed by atoms with Gasteiger partial charge < -0.3 is 4.74 Å². The van der Waals surface area contributed by atoms with Gasteiger partial charge in [0.1, 0.15) is 11.6 Å². The maximum Gasteiger partial charge on any atom is 0.387 e. The van der Waals surface area contributed by atoms with Crippen LogP contribution in [-0.4, -0.2) is 26.6 Å². The summed E-state index contributed by atoms with van der Waals surface area (Å²) in [6.45, 7) is -3.07. The third kappa shape index (κ3) is 3.43. The molecule has 2 aromatic carbocycles. The zero-order chi connectivity index (χ0) is 18.2. The first-order chi connectivity index (χ1) is 11.8. The van der Waals surface area contributed by atoms with Gasteiger partial charge in [-0.2, -0.15) is 8.78 Å². The summed E-state index contributed by atoms with van der Waals surface area (Å²) in [5.41, 5.74) is -0.297. The van der Waals surface area contributed by atoms with E-state index >= 15 is 0 Å². The van der Waals surface area contributed by atoms with Gasteiger partial charge >= 0.3 is 6.61 Å². The van der Waals surface area contributed by atoms with Crippen molar-refractivity contribution in [1.82, 2.24) is 0 Å². The molecule has 130 valence electrons. The van der Waals surface area contributed by atoms with Gasteiger partial charge in [-0.3, -0.25) is 4.79 Å². The van der Waals surface area contributed by atoms with Crippen molar-refractivity contribution in [3.05, 3.63) is 65.0 Å². The summed E-state index contributed by atoms with van der Waals surface area (Å²) in [5, 5.41) is 0.